The van der Waals surface area contributed by atoms with Crippen LogP contribution in [0.1, 0.15) is 26.3 Å². The number of nitrogens with one attached hydrogen (secondary N) is 1. The van der Waals surface area contributed by atoms with Gasteiger partial charge in [0.1, 0.15) is 0 Å². The summed E-state index contributed by atoms with van der Waals surface area (Å²) in [4.78, 5) is 23.8. The van der Waals surface area contributed by atoms with Gasteiger partial charge < -0.3 is 10.1 Å². The molecule has 1 N–H and O–H groups in total. The van der Waals surface area contributed by atoms with Crippen molar-refractivity contribution in [2.45, 2.75) is 33.2 Å². The molecule has 128 valence electrons. The third-order valence-corrected chi connectivity index (χ3v) is 3.23. The van der Waals surface area contributed by atoms with Gasteiger partial charge in [-0.15, -0.1) is 0 Å². The zero-order chi connectivity index (χ0) is 17.8. The molecule has 1 aromatic carbocycles. The van der Waals surface area contributed by atoms with Crippen molar-refractivity contribution in [2.24, 2.45) is 0 Å². The highest BCUT2D eigenvalue weighted by atomic mass is 16.5. The van der Waals surface area contributed by atoms with Gasteiger partial charge in [-0.3, -0.25) is 4.79 Å². The van der Waals surface area contributed by atoms with E-state index in [1.807, 2.05) is 43.3 Å². The third kappa shape index (κ3) is 7.58. The minimum atomic E-state index is -0.366. The van der Waals surface area contributed by atoms with Crippen LogP contribution >= 0.6 is 0 Å². The second-order valence-electron chi connectivity index (χ2n) is 5.26. The molecule has 1 aromatic rings. The van der Waals surface area contributed by atoms with E-state index in [2.05, 4.69) is 5.32 Å². The standard InChI is InChI=1S/C20H25NO3/c1-4-6-8-13-19(22)21-18(14-16(3)20(23)24-5-2)15-17-11-9-7-10-12-17/h4,6-14,18H,5,15H2,1-3H3,(H,21,22)/b6-4+,13-8+,16-14+/t18-/m1/s1. The summed E-state index contributed by atoms with van der Waals surface area (Å²) >= 11 is 0. The Hall–Kier alpha value is -2.62. The maximum Gasteiger partial charge on any atom is 0.333 e. The molecule has 4 heteroatoms. The lowest BCUT2D eigenvalue weighted by Gasteiger charge is -2.15. The molecule has 0 saturated carbocycles. The van der Waals surface area contributed by atoms with Gasteiger partial charge in [0.25, 0.3) is 0 Å². The Labute approximate surface area is 143 Å². The summed E-state index contributed by atoms with van der Waals surface area (Å²) in [5.41, 5.74) is 1.56. The van der Waals surface area contributed by atoms with Gasteiger partial charge in [0.05, 0.1) is 12.6 Å². The summed E-state index contributed by atoms with van der Waals surface area (Å²) in [6.07, 6.45) is 9.11. The number of allylic oxidation sites excluding steroid dienone is 3. The van der Waals surface area contributed by atoms with Gasteiger partial charge in [-0.2, -0.15) is 0 Å². The fraction of sp³-hybridized carbons (Fsp3) is 0.300. The minimum absolute atomic E-state index is 0.207. The van der Waals surface area contributed by atoms with E-state index in [1.165, 1.54) is 6.08 Å². The summed E-state index contributed by atoms with van der Waals surface area (Å²) in [7, 11) is 0. The molecule has 0 aliphatic rings. The fourth-order valence-electron chi connectivity index (χ4n) is 2.12. The maximum absolute atomic E-state index is 12.0. The van der Waals surface area contributed by atoms with Gasteiger partial charge in [-0.1, -0.05) is 54.6 Å². The van der Waals surface area contributed by atoms with E-state index in [9.17, 15) is 9.59 Å². The molecule has 1 rings (SSSR count). The quantitative estimate of drug-likeness (QED) is 0.452. The largest absolute Gasteiger partial charge is 0.463 e. The Balaban J connectivity index is 2.88. The van der Waals surface area contributed by atoms with E-state index in [1.54, 1.807) is 32.1 Å². The fourth-order valence-corrected chi connectivity index (χ4v) is 2.12. The molecule has 0 bridgehead atoms. The Kier molecular flexibility index (Phi) is 8.90. The molecule has 4 nitrogen and oxygen atoms in total. The van der Waals surface area contributed by atoms with Gasteiger partial charge in [0.15, 0.2) is 0 Å². The van der Waals surface area contributed by atoms with Crippen LogP contribution in [0.4, 0.5) is 0 Å². The smallest absolute Gasteiger partial charge is 0.333 e. The molecule has 1 atom stereocenters. The van der Waals surface area contributed by atoms with Crippen LogP contribution < -0.4 is 5.32 Å². The molecule has 0 unspecified atom stereocenters. The van der Waals surface area contributed by atoms with Crippen molar-refractivity contribution in [3.63, 3.8) is 0 Å². The number of carbonyl (C=O) groups excluding carboxylic acids is 2. The molecule has 1 amide bonds. The van der Waals surface area contributed by atoms with E-state index in [0.29, 0.717) is 18.6 Å². The van der Waals surface area contributed by atoms with Gasteiger partial charge >= 0.3 is 5.97 Å². The summed E-state index contributed by atoms with van der Waals surface area (Å²) in [6, 6.07) is 9.52. The van der Waals surface area contributed by atoms with Gasteiger partial charge in [-0.05, 0) is 32.8 Å². The third-order valence-electron chi connectivity index (χ3n) is 3.23. The van der Waals surface area contributed by atoms with Crippen LogP contribution in [0.5, 0.6) is 0 Å². The van der Waals surface area contributed by atoms with E-state index in [0.717, 1.165) is 5.56 Å². The summed E-state index contributed by atoms with van der Waals surface area (Å²) < 4.78 is 5.00. The average molecular weight is 327 g/mol. The zero-order valence-corrected chi connectivity index (χ0v) is 14.5. The van der Waals surface area contributed by atoms with E-state index in [4.69, 9.17) is 4.74 Å². The van der Waals surface area contributed by atoms with Crippen molar-refractivity contribution in [1.29, 1.82) is 0 Å². The number of esters is 1. The number of hydrogen-bond donors (Lipinski definition) is 1. The summed E-state index contributed by atoms with van der Waals surface area (Å²) in [5, 5.41) is 2.91. The predicted molar refractivity (Wildman–Crippen MR) is 96.4 cm³/mol. The normalized spacial score (nSPS) is 13.2. The van der Waals surface area contributed by atoms with E-state index in [-0.39, 0.29) is 17.9 Å². The number of carbonyl (C=O) groups is 2. The highest BCUT2D eigenvalue weighted by molar-refractivity contribution is 5.89. The highest BCUT2D eigenvalue weighted by Crippen LogP contribution is 2.08. The van der Waals surface area contributed by atoms with Crippen molar-refractivity contribution in [3.8, 4) is 0 Å². The number of benzene rings is 1. The summed E-state index contributed by atoms with van der Waals surface area (Å²) in [5.74, 6) is -0.573. The Morgan fingerprint density at radius 2 is 1.92 bits per heavy atom. The Morgan fingerprint density at radius 1 is 1.21 bits per heavy atom. The Morgan fingerprint density at radius 3 is 2.54 bits per heavy atom. The second kappa shape index (κ2) is 11.0. The van der Waals surface area contributed by atoms with Crippen LogP contribution in [-0.2, 0) is 20.7 Å². The van der Waals surface area contributed by atoms with Crippen LogP contribution in [0.3, 0.4) is 0 Å². The molecule has 0 saturated heterocycles. The number of rotatable bonds is 8. The maximum atomic E-state index is 12.0. The zero-order valence-electron chi connectivity index (χ0n) is 14.5. The summed E-state index contributed by atoms with van der Waals surface area (Å²) in [6.45, 7) is 5.66. The first kappa shape index (κ1) is 19.4. The molecule has 0 spiro atoms. The number of amides is 1. The predicted octanol–water partition coefficient (Wildman–Crippen LogP) is 3.36. The average Bonchev–Trinajstić information content (AvgIpc) is 2.56. The van der Waals surface area contributed by atoms with Gasteiger partial charge in [-0.25, -0.2) is 4.79 Å². The molecular weight excluding hydrogens is 302 g/mol. The van der Waals surface area contributed by atoms with Crippen molar-refractivity contribution in [1.82, 2.24) is 5.32 Å². The first-order valence-electron chi connectivity index (χ1n) is 8.06. The van der Waals surface area contributed by atoms with Crippen LogP contribution in [0.2, 0.25) is 0 Å². The van der Waals surface area contributed by atoms with Crippen molar-refractivity contribution in [2.75, 3.05) is 6.61 Å². The van der Waals surface area contributed by atoms with Crippen LogP contribution in [0, 0.1) is 0 Å². The lowest BCUT2D eigenvalue weighted by atomic mass is 10.0. The topological polar surface area (TPSA) is 55.4 Å². The first-order chi connectivity index (χ1) is 11.6. The molecule has 0 heterocycles. The lowest BCUT2D eigenvalue weighted by Crippen LogP contribution is -2.34. The lowest BCUT2D eigenvalue weighted by molar-refractivity contribution is -0.138. The monoisotopic (exact) mass is 327 g/mol. The second-order valence-corrected chi connectivity index (χ2v) is 5.26. The Bertz CT molecular complexity index is 615. The van der Waals surface area contributed by atoms with Crippen LogP contribution in [0.15, 0.2) is 66.3 Å². The van der Waals surface area contributed by atoms with Crippen LogP contribution in [0.25, 0.3) is 0 Å². The highest BCUT2D eigenvalue weighted by Gasteiger charge is 2.13. The SMILES string of the molecule is C/C=C/C=C/C(=O)N[C@H](/C=C(\C)C(=O)OCC)Cc1ccccc1. The first-order valence-corrected chi connectivity index (χ1v) is 8.06. The molecule has 0 radical (unpaired) electrons. The minimum Gasteiger partial charge on any atom is -0.463 e. The molecule has 0 aliphatic carbocycles. The molecule has 0 aromatic heterocycles. The molecular formula is C20H25NO3. The van der Waals surface area contributed by atoms with E-state index >= 15 is 0 Å². The molecule has 0 fully saturated rings. The molecule has 24 heavy (non-hydrogen) atoms. The van der Waals surface area contributed by atoms with Crippen molar-refractivity contribution < 1.29 is 14.3 Å². The number of hydrogen-bond acceptors (Lipinski definition) is 3. The number of ether oxygens (including phenoxy) is 1. The van der Waals surface area contributed by atoms with Crippen molar-refractivity contribution in [3.05, 3.63) is 71.8 Å². The van der Waals surface area contributed by atoms with E-state index < -0.39 is 0 Å². The van der Waals surface area contributed by atoms with Crippen molar-refractivity contribution >= 4 is 11.9 Å². The van der Waals surface area contributed by atoms with Gasteiger partial charge in [0, 0.05) is 11.6 Å². The molecule has 0 aliphatic heterocycles. The van der Waals surface area contributed by atoms with Crippen LogP contribution in [-0.4, -0.2) is 24.5 Å². The van der Waals surface area contributed by atoms with Gasteiger partial charge in [0.2, 0.25) is 5.91 Å².